The van der Waals surface area contributed by atoms with Crippen molar-refractivity contribution in [1.82, 2.24) is 4.90 Å². The van der Waals surface area contributed by atoms with Gasteiger partial charge >= 0.3 is 0 Å². The summed E-state index contributed by atoms with van der Waals surface area (Å²) in [6, 6.07) is 8.50. The highest BCUT2D eigenvalue weighted by Crippen LogP contribution is 2.28. The number of nitrogens with two attached hydrogens (primary N) is 1. The van der Waals surface area contributed by atoms with Gasteiger partial charge in [0.15, 0.2) is 0 Å². The van der Waals surface area contributed by atoms with Gasteiger partial charge < -0.3 is 15.5 Å². The molecule has 2 rings (SSSR count). The summed E-state index contributed by atoms with van der Waals surface area (Å²) in [6.45, 7) is 11.5. The van der Waals surface area contributed by atoms with Crippen molar-refractivity contribution in [2.45, 2.75) is 53.4 Å². The lowest BCUT2D eigenvalue weighted by Gasteiger charge is -2.39. The van der Waals surface area contributed by atoms with E-state index >= 15 is 0 Å². The summed E-state index contributed by atoms with van der Waals surface area (Å²) >= 11 is 0. The normalized spacial score (nSPS) is 16.9. The van der Waals surface area contributed by atoms with E-state index in [1.807, 2.05) is 11.8 Å². The molecule has 0 saturated carbocycles. The van der Waals surface area contributed by atoms with E-state index in [2.05, 4.69) is 49.9 Å². The number of anilines is 1. The third kappa shape index (κ3) is 5.49. The van der Waals surface area contributed by atoms with Crippen molar-refractivity contribution in [1.29, 1.82) is 0 Å². The zero-order valence-corrected chi connectivity index (χ0v) is 18.0. The fourth-order valence-electron chi connectivity index (χ4n) is 4.32. The summed E-state index contributed by atoms with van der Waals surface area (Å²) < 4.78 is 0. The Hall–Kier alpha value is -2.04. The summed E-state index contributed by atoms with van der Waals surface area (Å²) in [5, 5.41) is 0. The molecule has 0 bridgehead atoms. The maximum absolute atomic E-state index is 13.3. The van der Waals surface area contributed by atoms with E-state index in [1.165, 1.54) is 11.3 Å². The highest BCUT2D eigenvalue weighted by Gasteiger charge is 2.36. The first kappa shape index (κ1) is 22.3. The molecule has 28 heavy (non-hydrogen) atoms. The van der Waals surface area contributed by atoms with Gasteiger partial charge in [0.05, 0.1) is 0 Å². The number of benzene rings is 1. The van der Waals surface area contributed by atoms with Gasteiger partial charge in [0.1, 0.15) is 0 Å². The van der Waals surface area contributed by atoms with Crippen LogP contribution < -0.4 is 10.6 Å². The molecule has 0 aromatic heterocycles. The predicted octanol–water partition coefficient (Wildman–Crippen LogP) is 3.46. The van der Waals surface area contributed by atoms with Crippen molar-refractivity contribution < 1.29 is 9.59 Å². The molecule has 1 fully saturated rings. The Balaban J connectivity index is 2.09. The van der Waals surface area contributed by atoms with E-state index in [-0.39, 0.29) is 23.7 Å². The number of primary amides is 1. The summed E-state index contributed by atoms with van der Waals surface area (Å²) in [5.41, 5.74) is 8.30. The molecule has 156 valence electrons. The predicted molar refractivity (Wildman–Crippen MR) is 115 cm³/mol. The Bertz CT molecular complexity index is 651. The van der Waals surface area contributed by atoms with Gasteiger partial charge in [-0.1, -0.05) is 52.3 Å². The molecule has 5 nitrogen and oxygen atoms in total. The zero-order chi connectivity index (χ0) is 20.7. The Kier molecular flexibility index (Phi) is 8.34. The molecule has 1 aliphatic heterocycles. The number of hydrogen-bond donors (Lipinski definition) is 1. The van der Waals surface area contributed by atoms with Crippen molar-refractivity contribution in [3.05, 3.63) is 29.8 Å². The van der Waals surface area contributed by atoms with E-state index in [9.17, 15) is 9.59 Å². The lowest BCUT2D eigenvalue weighted by atomic mass is 9.81. The van der Waals surface area contributed by atoms with Gasteiger partial charge in [-0.05, 0) is 36.8 Å². The molecule has 0 unspecified atom stereocenters. The van der Waals surface area contributed by atoms with Gasteiger partial charge in [-0.2, -0.15) is 0 Å². The number of piperazine rings is 1. The maximum Gasteiger partial charge on any atom is 0.226 e. The Morgan fingerprint density at radius 2 is 1.68 bits per heavy atom. The van der Waals surface area contributed by atoms with Crippen LogP contribution in [0.4, 0.5) is 5.69 Å². The van der Waals surface area contributed by atoms with Crippen LogP contribution in [0.1, 0.15) is 52.5 Å². The molecule has 0 radical (unpaired) electrons. The number of nitrogens with zero attached hydrogens (tertiary/aromatic N) is 2. The molecule has 2 atom stereocenters. The quantitative estimate of drug-likeness (QED) is 0.706. The largest absolute Gasteiger partial charge is 0.369 e. The molecule has 5 heteroatoms. The SMILES string of the molecule is CCC[C@H](C(N)=O)[C@@H](CC(C)C)C(=O)N1CCN(c2ccccc2CC)CC1. The lowest BCUT2D eigenvalue weighted by Crippen LogP contribution is -2.52. The van der Waals surface area contributed by atoms with Gasteiger partial charge in [-0.3, -0.25) is 9.59 Å². The first-order valence-corrected chi connectivity index (χ1v) is 10.8. The third-order valence-corrected chi connectivity index (χ3v) is 5.80. The molecular weight excluding hydrogens is 350 g/mol. The second-order valence-electron chi connectivity index (χ2n) is 8.33. The summed E-state index contributed by atoms with van der Waals surface area (Å²) in [6.07, 6.45) is 3.26. The number of carbonyl (C=O) groups is 2. The second-order valence-corrected chi connectivity index (χ2v) is 8.33. The number of para-hydroxylation sites is 1. The van der Waals surface area contributed by atoms with Crippen LogP contribution in [0.3, 0.4) is 0 Å². The first-order chi connectivity index (χ1) is 13.4. The minimum absolute atomic E-state index is 0.106. The maximum atomic E-state index is 13.3. The van der Waals surface area contributed by atoms with Crippen LogP contribution in [0.25, 0.3) is 0 Å². The smallest absolute Gasteiger partial charge is 0.226 e. The molecular formula is C23H37N3O2. The van der Waals surface area contributed by atoms with Crippen molar-refractivity contribution in [3.8, 4) is 0 Å². The second kappa shape index (κ2) is 10.5. The molecule has 1 saturated heterocycles. The first-order valence-electron chi connectivity index (χ1n) is 10.8. The molecule has 1 aromatic carbocycles. The standard InChI is InChI=1S/C23H37N3O2/c1-5-9-19(22(24)27)20(16-17(3)4)23(28)26-14-12-25(13-15-26)21-11-8-7-10-18(21)6-2/h7-8,10-11,17,19-20H,5-6,9,12-16H2,1-4H3,(H2,24,27)/t19-,20+/m0/s1. The van der Waals surface area contributed by atoms with E-state index in [0.29, 0.717) is 31.8 Å². The van der Waals surface area contributed by atoms with E-state index in [0.717, 1.165) is 25.9 Å². The fourth-order valence-corrected chi connectivity index (χ4v) is 4.32. The summed E-state index contributed by atoms with van der Waals surface area (Å²) in [5.74, 6) is -0.540. The number of hydrogen-bond acceptors (Lipinski definition) is 3. The fraction of sp³-hybridized carbons (Fsp3) is 0.652. The van der Waals surface area contributed by atoms with Crippen LogP contribution in [0.15, 0.2) is 24.3 Å². The van der Waals surface area contributed by atoms with Crippen molar-refractivity contribution in [2.24, 2.45) is 23.5 Å². The van der Waals surface area contributed by atoms with Crippen LogP contribution in [-0.4, -0.2) is 42.9 Å². The van der Waals surface area contributed by atoms with Crippen LogP contribution in [-0.2, 0) is 16.0 Å². The molecule has 2 amide bonds. The molecule has 2 N–H and O–H groups in total. The highest BCUT2D eigenvalue weighted by atomic mass is 16.2. The Morgan fingerprint density at radius 1 is 1.04 bits per heavy atom. The van der Waals surface area contributed by atoms with Gasteiger partial charge in [0.25, 0.3) is 0 Å². The highest BCUT2D eigenvalue weighted by molar-refractivity contribution is 5.87. The number of rotatable bonds is 9. The van der Waals surface area contributed by atoms with Crippen molar-refractivity contribution >= 4 is 17.5 Å². The van der Waals surface area contributed by atoms with Crippen LogP contribution in [0.2, 0.25) is 0 Å². The molecule has 0 spiro atoms. The number of amides is 2. The zero-order valence-electron chi connectivity index (χ0n) is 18.0. The average Bonchev–Trinajstić information content (AvgIpc) is 2.69. The summed E-state index contributed by atoms with van der Waals surface area (Å²) in [7, 11) is 0. The number of aryl methyl sites for hydroxylation is 1. The van der Waals surface area contributed by atoms with E-state index in [4.69, 9.17) is 5.73 Å². The molecule has 1 aromatic rings. The van der Waals surface area contributed by atoms with Crippen molar-refractivity contribution in [3.63, 3.8) is 0 Å². The van der Waals surface area contributed by atoms with Gasteiger partial charge in [0, 0.05) is 43.7 Å². The molecule has 0 aliphatic carbocycles. The monoisotopic (exact) mass is 387 g/mol. The van der Waals surface area contributed by atoms with Gasteiger partial charge in [-0.25, -0.2) is 0 Å². The Labute approximate surface area is 170 Å². The van der Waals surface area contributed by atoms with Gasteiger partial charge in [0.2, 0.25) is 11.8 Å². The van der Waals surface area contributed by atoms with Crippen LogP contribution in [0.5, 0.6) is 0 Å². The Morgan fingerprint density at radius 3 is 2.21 bits per heavy atom. The van der Waals surface area contributed by atoms with E-state index in [1.54, 1.807) is 0 Å². The summed E-state index contributed by atoms with van der Waals surface area (Å²) in [4.78, 5) is 29.7. The van der Waals surface area contributed by atoms with E-state index < -0.39 is 0 Å². The average molecular weight is 388 g/mol. The third-order valence-electron chi connectivity index (χ3n) is 5.80. The number of carbonyl (C=O) groups excluding carboxylic acids is 2. The molecule has 1 heterocycles. The lowest BCUT2D eigenvalue weighted by molar-refractivity contribution is -0.142. The van der Waals surface area contributed by atoms with Crippen molar-refractivity contribution in [2.75, 3.05) is 31.1 Å². The van der Waals surface area contributed by atoms with Crippen LogP contribution >= 0.6 is 0 Å². The minimum Gasteiger partial charge on any atom is -0.369 e. The topological polar surface area (TPSA) is 66.6 Å². The van der Waals surface area contributed by atoms with Gasteiger partial charge in [-0.15, -0.1) is 0 Å². The van der Waals surface area contributed by atoms with Crippen LogP contribution in [0, 0.1) is 17.8 Å². The minimum atomic E-state index is -0.362. The molecule has 1 aliphatic rings.